The molecule has 24 heavy (non-hydrogen) atoms. The number of hydrogen-bond acceptors (Lipinski definition) is 4. The Balaban J connectivity index is 1.57. The van der Waals surface area contributed by atoms with Crippen molar-refractivity contribution in [3.8, 4) is 17.2 Å². The van der Waals surface area contributed by atoms with Gasteiger partial charge in [-0.3, -0.25) is 0 Å². The van der Waals surface area contributed by atoms with Crippen LogP contribution in [0, 0.1) is 11.7 Å². The molecule has 1 saturated heterocycles. The van der Waals surface area contributed by atoms with Crippen LogP contribution in [-0.2, 0) is 0 Å². The van der Waals surface area contributed by atoms with Crippen LogP contribution in [0.5, 0.6) is 17.2 Å². The average molecular weight is 334 g/mol. The SMILES string of the molecule is [2H]C1([2H])Oc2ccc(OC[C@@]3([2H])CNCC([2H])([2H])C3c3ccc(F)cc3)cc2O1. The Morgan fingerprint density at radius 1 is 1.21 bits per heavy atom. The number of benzene rings is 2. The molecule has 1 unspecified atom stereocenters. The fourth-order valence-corrected chi connectivity index (χ4v) is 2.82. The summed E-state index contributed by atoms with van der Waals surface area (Å²) in [6.07, 6.45) is -1.73. The van der Waals surface area contributed by atoms with Crippen LogP contribution in [0.4, 0.5) is 4.39 Å². The summed E-state index contributed by atoms with van der Waals surface area (Å²) >= 11 is 0. The van der Waals surface area contributed by atoms with E-state index >= 15 is 0 Å². The third-order valence-electron chi connectivity index (χ3n) is 4.04. The minimum atomic E-state index is -2.24. The second kappa shape index (κ2) is 6.69. The van der Waals surface area contributed by atoms with Crippen molar-refractivity contribution < 1.29 is 25.5 Å². The van der Waals surface area contributed by atoms with Gasteiger partial charge in [-0.15, -0.1) is 0 Å². The number of halogens is 1. The van der Waals surface area contributed by atoms with Crippen molar-refractivity contribution in [3.63, 3.8) is 0 Å². The molecular weight excluding hydrogens is 309 g/mol. The maximum absolute atomic E-state index is 13.3. The first-order chi connectivity index (χ1) is 13.6. The van der Waals surface area contributed by atoms with E-state index in [1.54, 1.807) is 6.07 Å². The van der Waals surface area contributed by atoms with Crippen LogP contribution in [0.3, 0.4) is 0 Å². The Morgan fingerprint density at radius 2 is 2.04 bits per heavy atom. The van der Waals surface area contributed by atoms with E-state index in [9.17, 15) is 4.39 Å². The zero-order valence-electron chi connectivity index (χ0n) is 17.8. The van der Waals surface area contributed by atoms with Crippen LogP contribution in [0.1, 0.15) is 24.7 Å². The molecule has 0 radical (unpaired) electrons. The van der Waals surface area contributed by atoms with E-state index in [0.29, 0.717) is 11.3 Å². The first-order valence-electron chi connectivity index (χ1n) is 10.2. The molecule has 5 heteroatoms. The number of rotatable bonds is 4. The van der Waals surface area contributed by atoms with E-state index in [4.69, 9.17) is 21.1 Å². The molecule has 0 aliphatic carbocycles. The molecule has 2 aromatic carbocycles. The van der Waals surface area contributed by atoms with Gasteiger partial charge < -0.3 is 19.5 Å². The summed E-state index contributed by atoms with van der Waals surface area (Å²) in [5, 5.41) is 2.95. The molecule has 2 heterocycles. The highest BCUT2D eigenvalue weighted by Crippen LogP contribution is 2.36. The van der Waals surface area contributed by atoms with Gasteiger partial charge in [0.05, 0.1) is 6.61 Å². The van der Waals surface area contributed by atoms with Crippen LogP contribution in [0.15, 0.2) is 42.5 Å². The smallest absolute Gasteiger partial charge is 0.231 e. The number of fused-ring (bicyclic) bond motifs is 1. The summed E-state index contributed by atoms with van der Waals surface area (Å²) in [5.41, 5.74) is 0.537. The largest absolute Gasteiger partial charge is 0.493 e. The highest BCUT2D eigenvalue weighted by Gasteiger charge is 2.27. The van der Waals surface area contributed by atoms with Gasteiger partial charge in [-0.05, 0) is 48.7 Å². The van der Waals surface area contributed by atoms with Gasteiger partial charge in [0.25, 0.3) is 0 Å². The first-order valence-corrected chi connectivity index (χ1v) is 7.69. The first kappa shape index (κ1) is 10.6. The lowest BCUT2D eigenvalue weighted by Crippen LogP contribution is -2.38. The van der Waals surface area contributed by atoms with E-state index < -0.39 is 30.7 Å². The molecule has 2 aromatic rings. The van der Waals surface area contributed by atoms with Gasteiger partial charge in [0.2, 0.25) is 6.75 Å². The lowest BCUT2D eigenvalue weighted by Gasteiger charge is -2.32. The van der Waals surface area contributed by atoms with E-state index in [1.165, 1.54) is 36.4 Å². The van der Waals surface area contributed by atoms with Crippen molar-refractivity contribution in [1.82, 2.24) is 5.32 Å². The van der Waals surface area contributed by atoms with E-state index in [-0.39, 0.29) is 31.2 Å². The second-order valence-corrected chi connectivity index (χ2v) is 5.64. The van der Waals surface area contributed by atoms with Crippen molar-refractivity contribution in [1.29, 1.82) is 0 Å². The monoisotopic (exact) mass is 334 g/mol. The van der Waals surface area contributed by atoms with Crippen LogP contribution in [-0.4, -0.2) is 26.4 Å². The van der Waals surface area contributed by atoms with Gasteiger partial charge in [-0.1, -0.05) is 12.1 Å². The Labute approximate surface area is 147 Å². The summed E-state index contributed by atoms with van der Waals surface area (Å²) in [4.78, 5) is 0. The fraction of sp³-hybridized carbons (Fsp3) is 0.368. The zero-order valence-corrected chi connectivity index (χ0v) is 12.8. The van der Waals surface area contributed by atoms with Crippen LogP contribution in [0.2, 0.25) is 0 Å². The average Bonchev–Trinajstić information content (AvgIpc) is 2.94. The lowest BCUT2D eigenvalue weighted by molar-refractivity contribution is 0.173. The van der Waals surface area contributed by atoms with Gasteiger partial charge in [0.15, 0.2) is 11.5 Å². The number of piperidine rings is 1. The van der Waals surface area contributed by atoms with Crippen LogP contribution >= 0.6 is 0 Å². The third kappa shape index (κ3) is 3.17. The van der Waals surface area contributed by atoms with Gasteiger partial charge in [-0.2, -0.15) is 0 Å². The Kier molecular flexibility index (Phi) is 2.95. The predicted octanol–water partition coefficient (Wildman–Crippen LogP) is 3.33. The molecule has 126 valence electrons. The Hall–Kier alpha value is -2.27. The lowest BCUT2D eigenvalue weighted by atomic mass is 9.81. The Morgan fingerprint density at radius 3 is 2.92 bits per heavy atom. The van der Waals surface area contributed by atoms with E-state index in [2.05, 4.69) is 5.32 Å². The summed E-state index contributed by atoms with van der Waals surface area (Å²) in [6.45, 7) is -2.10. The van der Waals surface area contributed by atoms with Crippen molar-refractivity contribution in [2.75, 3.05) is 26.4 Å². The maximum atomic E-state index is 13.3. The second-order valence-electron chi connectivity index (χ2n) is 5.64. The van der Waals surface area contributed by atoms with Crippen LogP contribution in [0.25, 0.3) is 0 Å². The fourth-order valence-electron chi connectivity index (χ4n) is 2.82. The van der Waals surface area contributed by atoms with Gasteiger partial charge >= 0.3 is 0 Å². The standard InChI is InChI=1S/C19H20FNO3/c20-15-3-1-13(2-4-15)17-7-8-21-10-14(17)11-22-16-5-6-18-19(9-16)24-12-23-18/h1-6,9,14,17,21H,7-8,10-12H2/t14-,17?/m1/s1/i7D2,12D2,14D. The molecule has 0 spiro atoms. The molecule has 2 aliphatic rings. The van der Waals surface area contributed by atoms with Gasteiger partial charge in [-0.25, -0.2) is 4.39 Å². The highest BCUT2D eigenvalue weighted by molar-refractivity contribution is 5.46. The van der Waals surface area contributed by atoms with Gasteiger partial charge in [0.1, 0.15) is 14.3 Å². The van der Waals surface area contributed by atoms with Crippen LogP contribution < -0.4 is 19.5 Å². The molecule has 4 nitrogen and oxygen atoms in total. The quantitative estimate of drug-likeness (QED) is 0.931. The molecule has 2 aliphatic heterocycles. The normalized spacial score (nSPS) is 32.7. The number of nitrogens with one attached hydrogen (secondary N) is 1. The minimum absolute atomic E-state index is 0.0782. The molecule has 0 bridgehead atoms. The predicted molar refractivity (Wildman–Crippen MR) is 88.2 cm³/mol. The minimum Gasteiger partial charge on any atom is -0.493 e. The molecule has 0 aromatic heterocycles. The molecule has 0 amide bonds. The molecule has 4 rings (SSSR count). The topological polar surface area (TPSA) is 39.7 Å². The van der Waals surface area contributed by atoms with Crippen molar-refractivity contribution in [3.05, 3.63) is 53.8 Å². The summed E-state index contributed by atoms with van der Waals surface area (Å²) in [5.74, 6) is -1.82. The van der Waals surface area contributed by atoms with Gasteiger partial charge in [0, 0.05) is 22.6 Å². The van der Waals surface area contributed by atoms with Crippen molar-refractivity contribution in [2.45, 2.75) is 12.3 Å². The summed E-state index contributed by atoms with van der Waals surface area (Å²) in [6, 6.07) is 10.1. The molecular formula is C19H20FNO3. The molecule has 1 fully saturated rings. The van der Waals surface area contributed by atoms with E-state index in [0.717, 1.165) is 0 Å². The molecule has 2 atom stereocenters. The highest BCUT2D eigenvalue weighted by atomic mass is 19.1. The third-order valence-corrected chi connectivity index (χ3v) is 4.04. The van der Waals surface area contributed by atoms with Crippen molar-refractivity contribution in [2.24, 2.45) is 5.89 Å². The van der Waals surface area contributed by atoms with Crippen molar-refractivity contribution >= 4 is 0 Å². The maximum Gasteiger partial charge on any atom is 0.231 e. The number of ether oxygens (including phenoxy) is 3. The Bertz CT molecular complexity index is 911. The summed E-state index contributed by atoms with van der Waals surface area (Å²) in [7, 11) is 0. The zero-order chi connectivity index (χ0) is 20.9. The molecule has 1 N–H and O–H groups in total. The summed E-state index contributed by atoms with van der Waals surface area (Å²) < 4.78 is 70.0. The number of hydrogen-bond donors (Lipinski definition) is 1. The van der Waals surface area contributed by atoms with E-state index in [1.807, 2.05) is 0 Å². The molecule has 0 saturated carbocycles.